The van der Waals surface area contributed by atoms with Crippen LogP contribution in [0.3, 0.4) is 0 Å². The summed E-state index contributed by atoms with van der Waals surface area (Å²) in [7, 11) is 0. The van der Waals surface area contributed by atoms with Gasteiger partial charge in [0.15, 0.2) is 0 Å². The van der Waals surface area contributed by atoms with Gasteiger partial charge in [0.05, 0.1) is 5.69 Å². The molecule has 20 heavy (non-hydrogen) atoms. The summed E-state index contributed by atoms with van der Waals surface area (Å²) < 4.78 is 5.29. The van der Waals surface area contributed by atoms with Crippen LogP contribution in [0.15, 0.2) is 4.52 Å². The lowest BCUT2D eigenvalue weighted by Gasteiger charge is -2.41. The molecule has 112 valence electrons. The van der Waals surface area contributed by atoms with Crippen molar-refractivity contribution >= 4 is 0 Å². The van der Waals surface area contributed by atoms with Gasteiger partial charge in [0.2, 0.25) is 0 Å². The first kappa shape index (κ1) is 14.1. The van der Waals surface area contributed by atoms with Crippen LogP contribution in [0.2, 0.25) is 0 Å². The van der Waals surface area contributed by atoms with Gasteiger partial charge in [-0.15, -0.1) is 0 Å². The minimum absolute atomic E-state index is 0.768. The van der Waals surface area contributed by atoms with E-state index in [1.54, 1.807) is 0 Å². The van der Waals surface area contributed by atoms with Crippen molar-refractivity contribution < 1.29 is 4.52 Å². The molecule has 1 aromatic rings. The average molecular weight is 277 g/mol. The molecule has 0 bridgehead atoms. The predicted molar refractivity (Wildman–Crippen MR) is 79.7 cm³/mol. The first-order chi connectivity index (χ1) is 9.74. The first-order valence-electron chi connectivity index (χ1n) is 8.12. The molecule has 0 amide bonds. The quantitative estimate of drug-likeness (QED) is 0.850. The highest BCUT2D eigenvalue weighted by Gasteiger charge is 2.27. The molecule has 0 aliphatic carbocycles. The highest BCUT2D eigenvalue weighted by Crippen LogP contribution is 2.23. The average Bonchev–Trinajstić information content (AvgIpc) is 2.80. The van der Waals surface area contributed by atoms with Crippen molar-refractivity contribution in [3.8, 4) is 0 Å². The first-order valence-corrected chi connectivity index (χ1v) is 8.12. The molecule has 2 aliphatic heterocycles. The van der Waals surface area contributed by atoms with Crippen molar-refractivity contribution in [2.75, 3.05) is 26.2 Å². The van der Waals surface area contributed by atoms with Crippen molar-refractivity contribution in [2.24, 2.45) is 0 Å². The van der Waals surface area contributed by atoms with Crippen molar-refractivity contribution in [1.82, 2.24) is 15.0 Å². The van der Waals surface area contributed by atoms with Gasteiger partial charge in [0, 0.05) is 24.7 Å². The van der Waals surface area contributed by atoms with Gasteiger partial charge in [-0.05, 0) is 59.2 Å². The highest BCUT2D eigenvalue weighted by molar-refractivity contribution is 5.20. The van der Waals surface area contributed by atoms with Gasteiger partial charge in [-0.25, -0.2) is 0 Å². The second-order valence-corrected chi connectivity index (χ2v) is 6.43. The van der Waals surface area contributed by atoms with E-state index in [4.69, 9.17) is 4.52 Å². The summed E-state index contributed by atoms with van der Waals surface area (Å²) in [6.07, 6.45) is 6.90. The number of aryl methyl sites for hydroxylation is 2. The highest BCUT2D eigenvalue weighted by atomic mass is 16.5. The Kier molecular flexibility index (Phi) is 4.41. The molecule has 4 heteroatoms. The zero-order valence-corrected chi connectivity index (χ0v) is 12.9. The van der Waals surface area contributed by atoms with Crippen LogP contribution in [0, 0.1) is 13.8 Å². The van der Waals surface area contributed by atoms with Crippen LogP contribution in [0.25, 0.3) is 0 Å². The molecule has 2 saturated heterocycles. The van der Waals surface area contributed by atoms with Gasteiger partial charge in [-0.3, -0.25) is 9.80 Å². The zero-order chi connectivity index (χ0) is 13.9. The van der Waals surface area contributed by atoms with Crippen molar-refractivity contribution in [3.05, 3.63) is 17.0 Å². The van der Waals surface area contributed by atoms with Gasteiger partial charge < -0.3 is 4.52 Å². The van der Waals surface area contributed by atoms with E-state index in [2.05, 4.69) is 21.9 Å². The lowest BCUT2D eigenvalue weighted by molar-refractivity contribution is 0.0789. The van der Waals surface area contributed by atoms with Crippen LogP contribution in [0.1, 0.15) is 49.1 Å². The summed E-state index contributed by atoms with van der Waals surface area (Å²) >= 11 is 0. The fraction of sp³-hybridized carbons (Fsp3) is 0.812. The lowest BCUT2D eigenvalue weighted by atomic mass is 10.00. The minimum Gasteiger partial charge on any atom is -0.361 e. The number of nitrogens with zero attached hydrogens (tertiary/aromatic N) is 3. The van der Waals surface area contributed by atoms with Crippen molar-refractivity contribution in [3.63, 3.8) is 0 Å². The van der Waals surface area contributed by atoms with Crippen molar-refractivity contribution in [2.45, 2.75) is 58.5 Å². The topological polar surface area (TPSA) is 32.5 Å². The molecular formula is C16H27N3O. The molecule has 3 heterocycles. The zero-order valence-electron chi connectivity index (χ0n) is 12.9. The molecule has 0 N–H and O–H groups in total. The van der Waals surface area contributed by atoms with E-state index >= 15 is 0 Å². The second-order valence-electron chi connectivity index (χ2n) is 6.43. The molecule has 0 aromatic carbocycles. The van der Waals surface area contributed by atoms with E-state index in [-0.39, 0.29) is 0 Å². The summed E-state index contributed by atoms with van der Waals surface area (Å²) in [6.45, 7) is 10.1. The third-order valence-corrected chi connectivity index (χ3v) is 4.95. The number of hydrogen-bond acceptors (Lipinski definition) is 4. The Morgan fingerprint density at radius 3 is 2.60 bits per heavy atom. The monoisotopic (exact) mass is 277 g/mol. The minimum atomic E-state index is 0.768. The Morgan fingerprint density at radius 2 is 1.90 bits per heavy atom. The molecule has 2 aliphatic rings. The van der Waals surface area contributed by atoms with Gasteiger partial charge in [0.1, 0.15) is 5.76 Å². The van der Waals surface area contributed by atoms with Crippen LogP contribution >= 0.6 is 0 Å². The Morgan fingerprint density at radius 1 is 1.10 bits per heavy atom. The summed E-state index contributed by atoms with van der Waals surface area (Å²) in [5.74, 6) is 0.989. The standard InChI is InChI=1S/C16H27N3O/c1-13-16(14(2)20-17-13)12-18-8-6-7-15(11-18)19-9-4-3-5-10-19/h15H,3-12H2,1-2H3/t15-/m1/s1. The Balaban J connectivity index is 1.60. The Labute approximate surface area is 122 Å². The van der Waals surface area contributed by atoms with E-state index in [1.807, 2.05) is 6.92 Å². The number of hydrogen-bond donors (Lipinski definition) is 0. The number of aromatic nitrogens is 1. The molecule has 0 spiro atoms. The fourth-order valence-corrected chi connectivity index (χ4v) is 3.71. The number of piperidine rings is 2. The predicted octanol–water partition coefficient (Wildman–Crippen LogP) is 2.74. The molecule has 4 nitrogen and oxygen atoms in total. The maximum atomic E-state index is 5.29. The SMILES string of the molecule is Cc1noc(C)c1CN1CCC[C@@H](N2CCCCC2)C1. The van der Waals surface area contributed by atoms with E-state index in [1.165, 1.54) is 63.8 Å². The summed E-state index contributed by atoms with van der Waals surface area (Å²) in [4.78, 5) is 5.32. The summed E-state index contributed by atoms with van der Waals surface area (Å²) in [5.41, 5.74) is 2.35. The maximum absolute atomic E-state index is 5.29. The number of rotatable bonds is 3. The van der Waals surface area contributed by atoms with Crippen LogP contribution in [0.5, 0.6) is 0 Å². The van der Waals surface area contributed by atoms with Crippen LogP contribution < -0.4 is 0 Å². The van der Waals surface area contributed by atoms with Crippen LogP contribution in [-0.4, -0.2) is 47.2 Å². The normalized spacial score (nSPS) is 26.0. The van der Waals surface area contributed by atoms with Crippen LogP contribution in [0.4, 0.5) is 0 Å². The van der Waals surface area contributed by atoms with E-state index in [0.29, 0.717) is 0 Å². The molecule has 3 rings (SSSR count). The van der Waals surface area contributed by atoms with Crippen molar-refractivity contribution in [1.29, 1.82) is 0 Å². The summed E-state index contributed by atoms with van der Waals surface area (Å²) in [6, 6.07) is 0.768. The van der Waals surface area contributed by atoms with E-state index in [9.17, 15) is 0 Å². The van der Waals surface area contributed by atoms with Gasteiger partial charge >= 0.3 is 0 Å². The van der Waals surface area contributed by atoms with Crippen LogP contribution in [-0.2, 0) is 6.54 Å². The molecule has 1 aromatic heterocycles. The Hall–Kier alpha value is -0.870. The fourth-order valence-electron chi connectivity index (χ4n) is 3.71. The lowest BCUT2D eigenvalue weighted by Crippen LogP contribution is -2.49. The molecule has 0 unspecified atom stereocenters. The molecule has 0 saturated carbocycles. The number of likely N-dealkylation sites (tertiary alicyclic amines) is 2. The molecule has 0 radical (unpaired) electrons. The van der Waals surface area contributed by atoms with Gasteiger partial charge in [-0.2, -0.15) is 0 Å². The molecular weight excluding hydrogens is 250 g/mol. The third-order valence-electron chi connectivity index (χ3n) is 4.95. The molecule has 2 fully saturated rings. The summed E-state index contributed by atoms with van der Waals surface area (Å²) in [5, 5.41) is 4.08. The van der Waals surface area contributed by atoms with Gasteiger partial charge in [0.25, 0.3) is 0 Å². The van der Waals surface area contributed by atoms with E-state index < -0.39 is 0 Å². The maximum Gasteiger partial charge on any atom is 0.138 e. The second kappa shape index (κ2) is 6.27. The largest absolute Gasteiger partial charge is 0.361 e. The van der Waals surface area contributed by atoms with E-state index in [0.717, 1.165) is 24.0 Å². The van der Waals surface area contributed by atoms with Gasteiger partial charge in [-0.1, -0.05) is 11.6 Å². The third kappa shape index (κ3) is 3.07. The Bertz CT molecular complexity index is 417. The smallest absolute Gasteiger partial charge is 0.138 e. The molecule has 1 atom stereocenters.